The molecule has 2 heteroatoms. The molecule has 0 aromatic heterocycles. The molecule has 46 valence electrons. The van der Waals surface area contributed by atoms with Crippen LogP contribution in [0.1, 0.15) is 13.8 Å². The fourth-order valence-electron chi connectivity index (χ4n) is 0.415. The van der Waals surface area contributed by atoms with Gasteiger partial charge >= 0.3 is 0 Å². The summed E-state index contributed by atoms with van der Waals surface area (Å²) in [5.41, 5.74) is 0. The lowest BCUT2D eigenvalue weighted by Gasteiger charge is -2.13. The van der Waals surface area contributed by atoms with Gasteiger partial charge in [-0.2, -0.15) is 0 Å². The molecule has 1 nitrogen and oxygen atoms in total. The first kappa shape index (κ1) is 8.02. The third kappa shape index (κ3) is 3.08. The monoisotopic (exact) mass is 112 g/mol. The number of hydrogen-bond acceptors (Lipinski definition) is 1. The summed E-state index contributed by atoms with van der Waals surface area (Å²) in [6, 6.07) is 0. The zero-order chi connectivity index (χ0) is 6.57. The minimum Gasteiger partial charge on any atom is -0.384 e. The van der Waals surface area contributed by atoms with Gasteiger partial charge in [0.2, 0.25) is 0 Å². The average Bonchev–Trinajstić information content (AvgIpc) is 1.67. The van der Waals surface area contributed by atoms with Gasteiger partial charge in [0.15, 0.2) is 0 Å². The van der Waals surface area contributed by atoms with Gasteiger partial charge in [-0.15, -0.1) is 0 Å². The lowest BCUT2D eigenvalue weighted by Crippen LogP contribution is -2.08. The van der Waals surface area contributed by atoms with Crippen LogP contribution in [0.15, 0.2) is 0 Å². The summed E-state index contributed by atoms with van der Waals surface area (Å²) >= 11 is 0. The molecule has 0 bridgehead atoms. The van der Waals surface area contributed by atoms with E-state index in [1.165, 1.54) is 0 Å². The van der Waals surface area contributed by atoms with Crippen molar-refractivity contribution in [3.63, 3.8) is 0 Å². The quantitative estimate of drug-likeness (QED) is 0.499. The minimum atomic E-state index is 0.245. The molecule has 0 aromatic carbocycles. The van der Waals surface area contributed by atoms with E-state index >= 15 is 0 Å². The second-order valence-corrected chi connectivity index (χ2v) is 2.29. The topological polar surface area (TPSA) is 9.23 Å². The Bertz CT molecular complexity index is 54.5. The number of rotatable bonds is 3. The Labute approximate surface area is 52.8 Å². The highest BCUT2D eigenvalue weighted by molar-refractivity contribution is 6.11. The Balaban J connectivity index is 3.17. The van der Waals surface area contributed by atoms with Gasteiger partial charge in [0.1, 0.15) is 0 Å². The Morgan fingerprint density at radius 1 is 1.50 bits per heavy atom. The SMILES string of the molecule is [B]C(C)C(C)COC. The first-order valence-corrected chi connectivity index (χ1v) is 2.93. The number of methoxy groups -OCH3 is 1. The predicted molar refractivity (Wildman–Crippen MR) is 36.2 cm³/mol. The highest BCUT2D eigenvalue weighted by Crippen LogP contribution is 2.11. The molecule has 0 fully saturated rings. The van der Waals surface area contributed by atoms with E-state index in [2.05, 4.69) is 6.92 Å². The van der Waals surface area contributed by atoms with Crippen molar-refractivity contribution in [3.05, 3.63) is 0 Å². The van der Waals surface area contributed by atoms with Crippen LogP contribution in [-0.4, -0.2) is 21.6 Å². The third-order valence-electron chi connectivity index (χ3n) is 1.33. The lowest BCUT2D eigenvalue weighted by molar-refractivity contribution is 0.158. The van der Waals surface area contributed by atoms with Crippen molar-refractivity contribution >= 4 is 7.85 Å². The highest BCUT2D eigenvalue weighted by atomic mass is 16.5. The average molecular weight is 112 g/mol. The van der Waals surface area contributed by atoms with E-state index in [1.54, 1.807) is 7.11 Å². The van der Waals surface area contributed by atoms with Gasteiger partial charge in [-0.25, -0.2) is 0 Å². The van der Waals surface area contributed by atoms with Gasteiger partial charge < -0.3 is 4.74 Å². The molecule has 0 N–H and O–H groups in total. The van der Waals surface area contributed by atoms with Gasteiger partial charge in [0.05, 0.1) is 7.85 Å². The minimum absolute atomic E-state index is 0.245. The van der Waals surface area contributed by atoms with Crippen molar-refractivity contribution < 1.29 is 4.74 Å². The first-order chi connectivity index (χ1) is 3.68. The third-order valence-corrected chi connectivity index (χ3v) is 1.33. The van der Waals surface area contributed by atoms with Crippen LogP contribution in [0.5, 0.6) is 0 Å². The van der Waals surface area contributed by atoms with Crippen LogP contribution in [-0.2, 0) is 4.74 Å². The molecule has 2 radical (unpaired) electrons. The largest absolute Gasteiger partial charge is 0.384 e. The Morgan fingerprint density at radius 2 is 2.00 bits per heavy atom. The fraction of sp³-hybridized carbons (Fsp3) is 1.00. The molecule has 8 heavy (non-hydrogen) atoms. The molecular weight excluding hydrogens is 98.9 g/mol. The van der Waals surface area contributed by atoms with Crippen molar-refractivity contribution in [2.24, 2.45) is 5.92 Å². The molecule has 0 spiro atoms. The normalized spacial score (nSPS) is 17.9. The van der Waals surface area contributed by atoms with Crippen LogP contribution in [0.2, 0.25) is 5.82 Å². The zero-order valence-electron chi connectivity index (χ0n) is 5.85. The van der Waals surface area contributed by atoms with Crippen molar-refractivity contribution in [1.29, 1.82) is 0 Å². The number of hydrogen-bond donors (Lipinski definition) is 0. The van der Waals surface area contributed by atoms with Crippen molar-refractivity contribution in [3.8, 4) is 0 Å². The van der Waals surface area contributed by atoms with E-state index in [0.29, 0.717) is 5.92 Å². The maximum Gasteiger partial charge on any atom is 0.0700 e. The van der Waals surface area contributed by atoms with Gasteiger partial charge in [-0.3, -0.25) is 0 Å². The Kier molecular flexibility index (Phi) is 3.97. The zero-order valence-corrected chi connectivity index (χ0v) is 5.85. The smallest absolute Gasteiger partial charge is 0.0700 e. The van der Waals surface area contributed by atoms with E-state index in [-0.39, 0.29) is 5.82 Å². The Morgan fingerprint density at radius 3 is 2.12 bits per heavy atom. The van der Waals surface area contributed by atoms with E-state index in [1.807, 2.05) is 6.92 Å². The standard InChI is InChI=1S/C6H13BO/c1-5(4-8-3)6(2)7/h5-6H,4H2,1-3H3. The predicted octanol–water partition coefficient (Wildman–Crippen LogP) is 1.25. The van der Waals surface area contributed by atoms with Crippen molar-refractivity contribution in [1.82, 2.24) is 0 Å². The van der Waals surface area contributed by atoms with Crippen LogP contribution in [0.4, 0.5) is 0 Å². The molecule has 0 rings (SSSR count). The van der Waals surface area contributed by atoms with Crippen LogP contribution in [0.25, 0.3) is 0 Å². The Hall–Kier alpha value is 0.0249. The van der Waals surface area contributed by atoms with Crippen LogP contribution < -0.4 is 0 Å². The first-order valence-electron chi connectivity index (χ1n) is 2.93. The summed E-state index contributed by atoms with van der Waals surface area (Å²) in [7, 11) is 7.24. The van der Waals surface area contributed by atoms with Gasteiger partial charge in [0.25, 0.3) is 0 Å². The summed E-state index contributed by atoms with van der Waals surface area (Å²) < 4.78 is 4.88. The van der Waals surface area contributed by atoms with Gasteiger partial charge in [-0.1, -0.05) is 19.7 Å². The van der Waals surface area contributed by atoms with Crippen LogP contribution >= 0.6 is 0 Å². The molecule has 0 aliphatic heterocycles. The van der Waals surface area contributed by atoms with Crippen molar-refractivity contribution in [2.75, 3.05) is 13.7 Å². The molecule has 0 amide bonds. The summed E-state index contributed by atoms with van der Waals surface area (Å²) in [5.74, 6) is 0.718. The van der Waals surface area contributed by atoms with Crippen LogP contribution in [0, 0.1) is 5.92 Å². The van der Waals surface area contributed by atoms with Crippen molar-refractivity contribution in [2.45, 2.75) is 19.7 Å². The molecular formula is C6H13BO. The number of ether oxygens (including phenoxy) is 1. The second-order valence-electron chi connectivity index (χ2n) is 2.29. The van der Waals surface area contributed by atoms with Crippen LogP contribution in [0.3, 0.4) is 0 Å². The summed E-state index contributed by atoms with van der Waals surface area (Å²) in [6.07, 6.45) is 0. The lowest BCUT2D eigenvalue weighted by atomic mass is 9.80. The molecule has 0 saturated carbocycles. The molecule has 0 saturated heterocycles. The van der Waals surface area contributed by atoms with E-state index in [4.69, 9.17) is 12.6 Å². The molecule has 0 aliphatic rings. The molecule has 0 aliphatic carbocycles. The van der Waals surface area contributed by atoms with Gasteiger partial charge in [0, 0.05) is 13.7 Å². The van der Waals surface area contributed by atoms with Gasteiger partial charge in [-0.05, 0) is 5.92 Å². The fourth-order valence-corrected chi connectivity index (χ4v) is 0.415. The van der Waals surface area contributed by atoms with E-state index in [0.717, 1.165) is 6.61 Å². The summed E-state index contributed by atoms with van der Waals surface area (Å²) in [4.78, 5) is 0. The molecule has 0 heterocycles. The highest BCUT2D eigenvalue weighted by Gasteiger charge is 2.03. The maximum atomic E-state index is 5.54. The summed E-state index contributed by atoms with van der Waals surface area (Å²) in [5, 5.41) is 0. The summed E-state index contributed by atoms with van der Waals surface area (Å²) in [6.45, 7) is 4.83. The second kappa shape index (κ2) is 3.96. The molecule has 2 atom stereocenters. The van der Waals surface area contributed by atoms with E-state index < -0.39 is 0 Å². The molecule has 2 unspecified atom stereocenters. The van der Waals surface area contributed by atoms with E-state index in [9.17, 15) is 0 Å². The maximum absolute atomic E-state index is 5.54. The molecule has 0 aromatic rings.